The van der Waals surface area contributed by atoms with E-state index in [1.165, 1.54) is 11.1 Å². The van der Waals surface area contributed by atoms with E-state index in [2.05, 4.69) is 38.8 Å². The van der Waals surface area contributed by atoms with E-state index in [0.717, 1.165) is 29.4 Å². The van der Waals surface area contributed by atoms with Crippen LogP contribution >= 0.6 is 15.9 Å². The molecule has 0 saturated carbocycles. The molecule has 0 atom stereocenters. The van der Waals surface area contributed by atoms with Gasteiger partial charge in [-0.05, 0) is 36.1 Å². The molecule has 0 radical (unpaired) electrons. The van der Waals surface area contributed by atoms with Crippen LogP contribution in [0.3, 0.4) is 0 Å². The van der Waals surface area contributed by atoms with Crippen molar-refractivity contribution in [3.05, 3.63) is 57.8 Å². The molecule has 1 aliphatic rings. The number of benzene rings is 1. The number of hydrogen-bond donors (Lipinski definition) is 0. The summed E-state index contributed by atoms with van der Waals surface area (Å²) in [6, 6.07) is 8.30. The smallest absolute Gasteiger partial charge is 0.164 e. The van der Waals surface area contributed by atoms with Crippen LogP contribution in [0.2, 0.25) is 0 Å². The first kappa shape index (κ1) is 11.7. The van der Waals surface area contributed by atoms with Crippen molar-refractivity contribution in [2.75, 3.05) is 0 Å². The van der Waals surface area contributed by atoms with E-state index in [-0.39, 0.29) is 0 Å². The molecule has 1 heterocycles. The number of Topliss-reactive ketones (excluding diaryl/α,β-unsaturated/α-hetero) is 1. The first-order valence-electron chi connectivity index (χ1n) is 6.19. The molecule has 3 heteroatoms. The summed E-state index contributed by atoms with van der Waals surface area (Å²) in [5.74, 6) is 0.297. The average molecular weight is 304 g/mol. The number of rotatable bonds is 2. The Morgan fingerprint density at radius 1 is 1.11 bits per heavy atom. The van der Waals surface area contributed by atoms with E-state index >= 15 is 0 Å². The van der Waals surface area contributed by atoms with Gasteiger partial charge in [0.2, 0.25) is 0 Å². The summed E-state index contributed by atoms with van der Waals surface area (Å²) < 4.78 is 3.21. The highest BCUT2D eigenvalue weighted by Gasteiger charge is 2.18. The van der Waals surface area contributed by atoms with Crippen molar-refractivity contribution in [1.82, 2.24) is 4.57 Å². The van der Waals surface area contributed by atoms with Gasteiger partial charge in [0.05, 0.1) is 0 Å². The first-order chi connectivity index (χ1) is 8.72. The lowest BCUT2D eigenvalue weighted by atomic mass is 9.95. The highest BCUT2D eigenvalue weighted by atomic mass is 79.9. The number of nitrogens with zero attached hydrogens (tertiary/aromatic N) is 1. The molecule has 0 fully saturated rings. The zero-order valence-corrected chi connectivity index (χ0v) is 11.6. The number of carbonyl (C=O) groups excluding carboxylic acids is 1. The Bertz CT molecular complexity index is 583. The van der Waals surface area contributed by atoms with Gasteiger partial charge in [-0.25, -0.2) is 0 Å². The minimum absolute atomic E-state index is 0.297. The molecule has 0 spiro atoms. The summed E-state index contributed by atoms with van der Waals surface area (Å²) in [4.78, 5) is 11.8. The maximum absolute atomic E-state index is 11.8. The Morgan fingerprint density at radius 2 is 1.89 bits per heavy atom. The quantitative estimate of drug-likeness (QED) is 0.827. The molecule has 2 nitrogen and oxygen atoms in total. The topological polar surface area (TPSA) is 22.0 Å². The lowest BCUT2D eigenvalue weighted by molar-refractivity contribution is 0.0973. The van der Waals surface area contributed by atoms with Crippen molar-refractivity contribution in [1.29, 1.82) is 0 Å². The molecule has 18 heavy (non-hydrogen) atoms. The predicted octanol–water partition coefficient (Wildman–Crippen LogP) is 3.82. The van der Waals surface area contributed by atoms with Crippen LogP contribution in [0.15, 0.2) is 41.1 Å². The predicted molar refractivity (Wildman–Crippen MR) is 74.9 cm³/mol. The SMILES string of the molecule is O=C1CCCc2cn(Cc3ccc(Br)cc3)cc21. The molecular formula is C15H14BrNO. The number of aryl methyl sites for hydroxylation is 1. The van der Waals surface area contributed by atoms with Gasteiger partial charge in [-0.1, -0.05) is 28.1 Å². The molecule has 1 aromatic carbocycles. The fourth-order valence-corrected chi connectivity index (χ4v) is 2.74. The Labute approximate surface area is 115 Å². The summed E-state index contributed by atoms with van der Waals surface area (Å²) in [5, 5.41) is 0. The van der Waals surface area contributed by atoms with E-state index in [9.17, 15) is 4.79 Å². The van der Waals surface area contributed by atoms with Crippen molar-refractivity contribution in [3.63, 3.8) is 0 Å². The second-order valence-corrected chi connectivity index (χ2v) is 5.69. The zero-order valence-electron chi connectivity index (χ0n) is 10.0. The van der Waals surface area contributed by atoms with Gasteiger partial charge < -0.3 is 4.57 Å². The van der Waals surface area contributed by atoms with Crippen molar-refractivity contribution in [3.8, 4) is 0 Å². The van der Waals surface area contributed by atoms with Crippen molar-refractivity contribution in [2.24, 2.45) is 0 Å². The number of hydrogen-bond acceptors (Lipinski definition) is 1. The third-order valence-corrected chi connectivity index (χ3v) is 3.92. The van der Waals surface area contributed by atoms with Crippen LogP contribution in [0, 0.1) is 0 Å². The molecule has 1 aliphatic carbocycles. The molecule has 2 aromatic rings. The molecule has 0 amide bonds. The van der Waals surface area contributed by atoms with E-state index < -0.39 is 0 Å². The minimum Gasteiger partial charge on any atom is -0.349 e. The minimum atomic E-state index is 0.297. The average Bonchev–Trinajstić information content (AvgIpc) is 2.76. The normalized spacial score (nSPS) is 14.6. The summed E-state index contributed by atoms with van der Waals surface area (Å²) in [5.41, 5.74) is 3.39. The lowest BCUT2D eigenvalue weighted by Crippen LogP contribution is -2.07. The van der Waals surface area contributed by atoms with E-state index in [4.69, 9.17) is 0 Å². The monoisotopic (exact) mass is 303 g/mol. The maximum atomic E-state index is 11.8. The third-order valence-electron chi connectivity index (χ3n) is 3.39. The maximum Gasteiger partial charge on any atom is 0.164 e. The van der Waals surface area contributed by atoms with Gasteiger partial charge in [-0.3, -0.25) is 4.79 Å². The van der Waals surface area contributed by atoms with E-state index in [0.29, 0.717) is 12.2 Å². The third kappa shape index (κ3) is 2.27. The molecule has 92 valence electrons. The van der Waals surface area contributed by atoms with Crippen molar-refractivity contribution in [2.45, 2.75) is 25.8 Å². The first-order valence-corrected chi connectivity index (χ1v) is 6.98. The molecule has 3 rings (SSSR count). The highest BCUT2D eigenvalue weighted by Crippen LogP contribution is 2.22. The summed E-state index contributed by atoms with van der Waals surface area (Å²) in [6.07, 6.45) is 6.85. The van der Waals surface area contributed by atoms with Crippen LogP contribution in [-0.4, -0.2) is 10.4 Å². The van der Waals surface area contributed by atoms with Crippen LogP contribution in [0.4, 0.5) is 0 Å². The Hall–Kier alpha value is -1.35. The van der Waals surface area contributed by atoms with Crippen LogP contribution < -0.4 is 0 Å². The summed E-state index contributed by atoms with van der Waals surface area (Å²) >= 11 is 3.43. The van der Waals surface area contributed by atoms with E-state index in [1.54, 1.807) is 0 Å². The van der Waals surface area contributed by atoms with Gasteiger partial charge in [0.1, 0.15) is 0 Å². The lowest BCUT2D eigenvalue weighted by Gasteiger charge is -2.07. The fourth-order valence-electron chi connectivity index (χ4n) is 2.47. The number of aromatic nitrogens is 1. The second-order valence-electron chi connectivity index (χ2n) is 4.77. The van der Waals surface area contributed by atoms with Gasteiger partial charge >= 0.3 is 0 Å². The van der Waals surface area contributed by atoms with Gasteiger partial charge in [0.15, 0.2) is 5.78 Å². The number of ketones is 1. The molecular weight excluding hydrogens is 290 g/mol. The summed E-state index contributed by atoms with van der Waals surface area (Å²) in [6.45, 7) is 0.827. The zero-order chi connectivity index (χ0) is 12.5. The van der Waals surface area contributed by atoms with Gasteiger partial charge in [-0.2, -0.15) is 0 Å². The standard InChI is InChI=1S/C15H14BrNO/c16-13-6-4-11(5-7-13)8-17-9-12-2-1-3-15(18)14(12)10-17/h4-7,9-10H,1-3,8H2. The molecule has 0 aliphatic heterocycles. The summed E-state index contributed by atoms with van der Waals surface area (Å²) in [7, 11) is 0. The van der Waals surface area contributed by atoms with Crippen LogP contribution in [-0.2, 0) is 13.0 Å². The number of halogens is 1. The molecule has 0 N–H and O–H groups in total. The molecule has 0 unspecified atom stereocenters. The Balaban J connectivity index is 1.85. The van der Waals surface area contributed by atoms with Crippen LogP contribution in [0.1, 0.15) is 34.3 Å². The Kier molecular flexibility index (Phi) is 3.08. The second kappa shape index (κ2) is 4.73. The van der Waals surface area contributed by atoms with Crippen LogP contribution in [0.25, 0.3) is 0 Å². The van der Waals surface area contributed by atoms with E-state index in [1.807, 2.05) is 18.3 Å². The number of carbonyl (C=O) groups is 1. The van der Waals surface area contributed by atoms with Crippen molar-refractivity contribution >= 4 is 21.7 Å². The Morgan fingerprint density at radius 3 is 2.61 bits per heavy atom. The fraction of sp³-hybridized carbons (Fsp3) is 0.267. The highest BCUT2D eigenvalue weighted by molar-refractivity contribution is 9.10. The van der Waals surface area contributed by atoms with Crippen LogP contribution in [0.5, 0.6) is 0 Å². The van der Waals surface area contributed by atoms with Gasteiger partial charge in [0, 0.05) is 35.4 Å². The molecule has 0 saturated heterocycles. The molecule has 1 aromatic heterocycles. The van der Waals surface area contributed by atoms with Gasteiger partial charge in [-0.15, -0.1) is 0 Å². The number of fused-ring (bicyclic) bond motifs is 1. The van der Waals surface area contributed by atoms with Gasteiger partial charge in [0.25, 0.3) is 0 Å². The van der Waals surface area contributed by atoms with Crippen molar-refractivity contribution < 1.29 is 4.79 Å². The molecule has 0 bridgehead atoms. The largest absolute Gasteiger partial charge is 0.349 e.